The van der Waals surface area contributed by atoms with Crippen LogP contribution in [0.2, 0.25) is 0 Å². The van der Waals surface area contributed by atoms with E-state index in [1.165, 1.54) is 6.07 Å². The smallest absolute Gasteiger partial charge is 0.417 e. The van der Waals surface area contributed by atoms with Gasteiger partial charge in [-0.15, -0.1) is 0 Å². The Morgan fingerprint density at radius 3 is 2.40 bits per heavy atom. The Hall–Kier alpha value is -2.77. The third-order valence-corrected chi connectivity index (χ3v) is 3.39. The van der Waals surface area contributed by atoms with Crippen molar-refractivity contribution in [1.29, 1.82) is 0 Å². The number of rotatable bonds is 7. The topological polar surface area (TPSA) is 63.2 Å². The number of hydrogen-bond donors (Lipinski definition) is 2. The number of hydrogen-bond acceptors (Lipinski definition) is 4. The van der Waals surface area contributed by atoms with Gasteiger partial charge in [-0.1, -0.05) is 0 Å². The summed E-state index contributed by atoms with van der Waals surface area (Å²) in [4.78, 5) is 15.6. The number of methoxy groups -OCH3 is 1. The highest BCUT2D eigenvalue weighted by molar-refractivity contribution is 5.94. The Labute approximate surface area is 143 Å². The molecule has 0 fully saturated rings. The summed E-state index contributed by atoms with van der Waals surface area (Å²) in [6.07, 6.45) is -3.00. The van der Waals surface area contributed by atoms with E-state index in [1.807, 2.05) is 0 Å². The predicted octanol–water partition coefficient (Wildman–Crippen LogP) is 3.34. The lowest BCUT2D eigenvalue weighted by Crippen LogP contribution is -2.25. The second kappa shape index (κ2) is 8.36. The molecule has 0 atom stereocenters. The highest BCUT2D eigenvalue weighted by atomic mass is 19.4. The maximum atomic E-state index is 12.4. The fraction of sp³-hybridized carbons (Fsp3) is 0.294. The van der Waals surface area contributed by atoms with Crippen molar-refractivity contribution in [2.75, 3.05) is 25.5 Å². The third-order valence-electron chi connectivity index (χ3n) is 3.39. The highest BCUT2D eigenvalue weighted by Crippen LogP contribution is 2.28. The Kier molecular flexibility index (Phi) is 6.21. The van der Waals surface area contributed by atoms with E-state index >= 15 is 0 Å². The molecule has 134 valence electrons. The van der Waals surface area contributed by atoms with E-state index in [9.17, 15) is 18.0 Å². The number of anilines is 1. The first-order valence-electron chi connectivity index (χ1n) is 7.59. The number of alkyl halides is 3. The number of benzene rings is 1. The zero-order valence-electron chi connectivity index (χ0n) is 13.6. The molecular formula is C17H18F3N3O2. The van der Waals surface area contributed by atoms with Gasteiger partial charge in [-0.05, 0) is 42.8 Å². The summed E-state index contributed by atoms with van der Waals surface area (Å²) in [6, 6.07) is 8.98. The van der Waals surface area contributed by atoms with Crippen molar-refractivity contribution in [2.45, 2.75) is 12.6 Å². The molecule has 2 aromatic rings. The molecule has 0 saturated carbocycles. The van der Waals surface area contributed by atoms with Crippen LogP contribution in [-0.4, -0.2) is 31.1 Å². The van der Waals surface area contributed by atoms with Gasteiger partial charge in [0.1, 0.15) is 11.6 Å². The number of aromatic nitrogens is 1. The lowest BCUT2D eigenvalue weighted by Gasteiger charge is -2.09. The van der Waals surface area contributed by atoms with E-state index in [0.29, 0.717) is 36.6 Å². The average Bonchev–Trinajstić information content (AvgIpc) is 2.61. The number of amides is 1. The van der Waals surface area contributed by atoms with Gasteiger partial charge in [0.05, 0.1) is 12.7 Å². The maximum absolute atomic E-state index is 12.4. The molecule has 2 N–H and O–H groups in total. The highest BCUT2D eigenvalue weighted by Gasteiger charge is 2.30. The molecule has 5 nitrogen and oxygen atoms in total. The Balaban J connectivity index is 1.69. The molecule has 8 heteroatoms. The molecule has 0 radical (unpaired) electrons. The van der Waals surface area contributed by atoms with E-state index in [1.54, 1.807) is 31.4 Å². The first-order valence-corrected chi connectivity index (χ1v) is 7.59. The minimum Gasteiger partial charge on any atom is -0.497 e. The van der Waals surface area contributed by atoms with Crippen LogP contribution in [-0.2, 0) is 6.18 Å². The monoisotopic (exact) mass is 353 g/mol. The van der Waals surface area contributed by atoms with Gasteiger partial charge in [0, 0.05) is 24.8 Å². The molecule has 1 aromatic carbocycles. The Morgan fingerprint density at radius 1 is 1.12 bits per heavy atom. The minimum absolute atomic E-state index is 0.199. The van der Waals surface area contributed by atoms with Crippen LogP contribution in [0.4, 0.5) is 19.0 Å². The van der Waals surface area contributed by atoms with Gasteiger partial charge >= 0.3 is 6.18 Å². The lowest BCUT2D eigenvalue weighted by atomic mass is 10.2. The molecule has 1 heterocycles. The number of halogens is 3. The summed E-state index contributed by atoms with van der Waals surface area (Å²) in [5.74, 6) is 0.828. The summed E-state index contributed by atoms with van der Waals surface area (Å²) >= 11 is 0. The van der Waals surface area contributed by atoms with Crippen molar-refractivity contribution in [2.24, 2.45) is 0 Å². The van der Waals surface area contributed by atoms with Crippen LogP contribution < -0.4 is 15.4 Å². The fourth-order valence-electron chi connectivity index (χ4n) is 2.02. The molecule has 2 rings (SSSR count). The van der Waals surface area contributed by atoms with E-state index in [2.05, 4.69) is 15.6 Å². The quantitative estimate of drug-likeness (QED) is 0.750. The van der Waals surface area contributed by atoms with E-state index in [0.717, 1.165) is 12.3 Å². The molecule has 0 spiro atoms. The zero-order valence-corrected chi connectivity index (χ0v) is 13.6. The van der Waals surface area contributed by atoms with Gasteiger partial charge in [0.15, 0.2) is 0 Å². The van der Waals surface area contributed by atoms with Gasteiger partial charge in [0.2, 0.25) is 0 Å². The fourth-order valence-corrected chi connectivity index (χ4v) is 2.02. The third kappa shape index (κ3) is 5.66. The summed E-state index contributed by atoms with van der Waals surface area (Å²) in [6.45, 7) is 0.903. The summed E-state index contributed by atoms with van der Waals surface area (Å²) in [5, 5.41) is 5.67. The number of carbonyl (C=O) groups excluding carboxylic acids is 1. The largest absolute Gasteiger partial charge is 0.497 e. The normalized spacial score (nSPS) is 11.0. The summed E-state index contributed by atoms with van der Waals surface area (Å²) < 4.78 is 42.3. The second-order valence-corrected chi connectivity index (χ2v) is 5.19. The van der Waals surface area contributed by atoms with E-state index in [4.69, 9.17) is 4.74 Å². The summed E-state index contributed by atoms with van der Waals surface area (Å²) in [5.41, 5.74) is -0.261. The van der Waals surface area contributed by atoms with Crippen LogP contribution >= 0.6 is 0 Å². The molecular weight excluding hydrogens is 335 g/mol. The van der Waals surface area contributed by atoms with Gasteiger partial charge in [-0.3, -0.25) is 4.79 Å². The lowest BCUT2D eigenvalue weighted by molar-refractivity contribution is -0.137. The number of pyridine rings is 1. The first-order chi connectivity index (χ1) is 11.9. The average molecular weight is 353 g/mol. The Bertz CT molecular complexity index is 686. The van der Waals surface area contributed by atoms with Crippen molar-refractivity contribution in [3.63, 3.8) is 0 Å². The number of nitrogens with zero attached hydrogens (tertiary/aromatic N) is 1. The van der Waals surface area contributed by atoms with Crippen LogP contribution in [0.3, 0.4) is 0 Å². The molecule has 0 aliphatic heterocycles. The van der Waals surface area contributed by atoms with Crippen molar-refractivity contribution in [3.8, 4) is 5.75 Å². The van der Waals surface area contributed by atoms with Gasteiger partial charge in [0.25, 0.3) is 5.91 Å². The number of ether oxygens (including phenoxy) is 1. The van der Waals surface area contributed by atoms with Crippen molar-refractivity contribution < 1.29 is 22.7 Å². The molecule has 0 saturated heterocycles. The SMILES string of the molecule is COc1ccc(C(=O)NCCCNc2ccc(C(F)(F)F)cn2)cc1. The molecule has 1 amide bonds. The van der Waals surface area contributed by atoms with Crippen LogP contribution in [0.5, 0.6) is 5.75 Å². The van der Waals surface area contributed by atoms with Gasteiger partial charge in [-0.2, -0.15) is 13.2 Å². The van der Waals surface area contributed by atoms with Crippen LogP contribution in [0.1, 0.15) is 22.3 Å². The van der Waals surface area contributed by atoms with Crippen molar-refractivity contribution in [3.05, 3.63) is 53.7 Å². The standard InChI is InChI=1S/C17H18F3N3O2/c1-25-14-6-3-12(4-7-14)16(24)22-10-2-9-21-15-8-5-13(11-23-15)17(18,19)20/h3-8,11H,2,9-10H2,1H3,(H,21,23)(H,22,24). The number of nitrogens with one attached hydrogen (secondary N) is 2. The van der Waals surface area contributed by atoms with Crippen LogP contribution in [0.15, 0.2) is 42.6 Å². The molecule has 0 unspecified atom stereocenters. The maximum Gasteiger partial charge on any atom is 0.417 e. The second-order valence-electron chi connectivity index (χ2n) is 5.19. The van der Waals surface area contributed by atoms with Crippen molar-refractivity contribution >= 4 is 11.7 Å². The Morgan fingerprint density at radius 2 is 1.84 bits per heavy atom. The molecule has 0 aliphatic carbocycles. The molecule has 0 aliphatic rings. The molecule has 1 aromatic heterocycles. The van der Waals surface area contributed by atoms with E-state index in [-0.39, 0.29) is 5.91 Å². The van der Waals surface area contributed by atoms with Crippen molar-refractivity contribution in [1.82, 2.24) is 10.3 Å². The summed E-state index contributed by atoms with van der Waals surface area (Å²) in [7, 11) is 1.55. The molecule has 0 bridgehead atoms. The van der Waals surface area contributed by atoms with Crippen LogP contribution in [0.25, 0.3) is 0 Å². The van der Waals surface area contributed by atoms with Gasteiger partial charge in [-0.25, -0.2) is 4.98 Å². The minimum atomic E-state index is -4.39. The number of carbonyl (C=O) groups is 1. The van der Waals surface area contributed by atoms with Crippen LogP contribution in [0, 0.1) is 0 Å². The predicted molar refractivity (Wildman–Crippen MR) is 87.7 cm³/mol. The van der Waals surface area contributed by atoms with E-state index < -0.39 is 11.7 Å². The van der Waals surface area contributed by atoms with Gasteiger partial charge < -0.3 is 15.4 Å². The molecule has 25 heavy (non-hydrogen) atoms. The first kappa shape index (κ1) is 18.6. The zero-order chi connectivity index (χ0) is 18.3.